The fraction of sp³-hybridized carbons (Fsp3) is 0.750. The molecule has 0 unspecified atom stereocenters. The third-order valence-electron chi connectivity index (χ3n) is 2.20. The molecule has 80 valence electrons. The molecule has 0 spiro atoms. The molecule has 0 aromatic heterocycles. The van der Waals surface area contributed by atoms with Gasteiger partial charge in [-0.25, -0.2) is 9.59 Å². The summed E-state index contributed by atoms with van der Waals surface area (Å²) in [5, 5.41) is 17.5. The second-order valence-electron chi connectivity index (χ2n) is 3.10. The van der Waals surface area contributed by atoms with Gasteiger partial charge in [0.1, 0.15) is 6.04 Å². The summed E-state index contributed by atoms with van der Waals surface area (Å²) in [7, 11) is 0. The highest BCUT2D eigenvalue weighted by atomic mass is 16.5. The zero-order valence-electron chi connectivity index (χ0n) is 7.84. The maximum atomic E-state index is 10.7. The number of hydrogen-bond donors (Lipinski definition) is 2. The lowest BCUT2D eigenvalue weighted by molar-refractivity contribution is -0.141. The maximum Gasteiger partial charge on any atom is 0.408 e. The molecule has 0 bridgehead atoms. The Balaban J connectivity index is 2.65. The van der Waals surface area contributed by atoms with Gasteiger partial charge in [0.05, 0.1) is 12.6 Å². The quantitative estimate of drug-likeness (QED) is 0.685. The molecular formula is C8H13NO5. The first kappa shape index (κ1) is 10.8. The van der Waals surface area contributed by atoms with Crippen molar-refractivity contribution in [3.8, 4) is 0 Å². The van der Waals surface area contributed by atoms with Crippen LogP contribution in [0.5, 0.6) is 0 Å². The summed E-state index contributed by atoms with van der Waals surface area (Å²) in [6.07, 6.45) is -1.27. The van der Waals surface area contributed by atoms with E-state index in [0.29, 0.717) is 6.61 Å². The predicted octanol–water partition coefficient (Wildman–Crippen LogP) is 0.228. The van der Waals surface area contributed by atoms with Crippen LogP contribution in [0, 0.1) is 0 Å². The van der Waals surface area contributed by atoms with E-state index in [1.54, 1.807) is 6.92 Å². The van der Waals surface area contributed by atoms with E-state index in [1.165, 1.54) is 0 Å². The highest BCUT2D eigenvalue weighted by Gasteiger charge is 2.40. The van der Waals surface area contributed by atoms with Crippen LogP contribution in [0.4, 0.5) is 4.79 Å². The van der Waals surface area contributed by atoms with Crippen molar-refractivity contribution in [1.29, 1.82) is 0 Å². The zero-order valence-corrected chi connectivity index (χ0v) is 7.84. The number of carbonyl (C=O) groups is 2. The number of likely N-dealkylation sites (tertiary alicyclic amines) is 1. The Kier molecular flexibility index (Phi) is 3.29. The smallest absolute Gasteiger partial charge is 0.408 e. The molecule has 1 fully saturated rings. The highest BCUT2D eigenvalue weighted by molar-refractivity contribution is 5.80. The standard InChI is InChI=1S/C8H13NO5/c1-2-14-5-3-6(7(10)11)9(4-5)8(12)13/h5-6H,2-4H2,1H3,(H,10,11)(H,12,13)/t5-,6+/m0/s1. The van der Waals surface area contributed by atoms with Crippen LogP contribution in [0.2, 0.25) is 0 Å². The number of amides is 1. The zero-order chi connectivity index (χ0) is 10.7. The minimum absolute atomic E-state index is 0.139. The average Bonchev–Trinajstić information content (AvgIpc) is 2.49. The second-order valence-corrected chi connectivity index (χ2v) is 3.10. The molecule has 1 rings (SSSR count). The Morgan fingerprint density at radius 2 is 2.14 bits per heavy atom. The van der Waals surface area contributed by atoms with E-state index in [0.717, 1.165) is 4.90 Å². The van der Waals surface area contributed by atoms with Crippen molar-refractivity contribution in [2.75, 3.05) is 13.2 Å². The van der Waals surface area contributed by atoms with Crippen LogP contribution < -0.4 is 0 Å². The summed E-state index contributed by atoms with van der Waals surface area (Å²) in [4.78, 5) is 22.3. The topological polar surface area (TPSA) is 87.1 Å². The van der Waals surface area contributed by atoms with Crippen molar-refractivity contribution in [3.63, 3.8) is 0 Å². The largest absolute Gasteiger partial charge is 0.480 e. The normalized spacial score (nSPS) is 26.5. The van der Waals surface area contributed by atoms with Gasteiger partial charge in [0, 0.05) is 13.0 Å². The molecule has 0 aromatic rings. The van der Waals surface area contributed by atoms with E-state index in [-0.39, 0.29) is 19.1 Å². The van der Waals surface area contributed by atoms with Crippen LogP contribution >= 0.6 is 0 Å². The molecule has 1 aliphatic rings. The number of rotatable bonds is 3. The average molecular weight is 203 g/mol. The molecule has 6 nitrogen and oxygen atoms in total. The van der Waals surface area contributed by atoms with Crippen LogP contribution in [-0.2, 0) is 9.53 Å². The van der Waals surface area contributed by atoms with Crippen molar-refractivity contribution in [2.45, 2.75) is 25.5 Å². The van der Waals surface area contributed by atoms with Gasteiger partial charge in [-0.2, -0.15) is 0 Å². The van der Waals surface area contributed by atoms with Crippen LogP contribution in [0.3, 0.4) is 0 Å². The van der Waals surface area contributed by atoms with Crippen LogP contribution in [-0.4, -0.2) is 52.5 Å². The molecule has 0 saturated carbocycles. The van der Waals surface area contributed by atoms with Gasteiger partial charge < -0.3 is 14.9 Å². The molecular weight excluding hydrogens is 190 g/mol. The van der Waals surface area contributed by atoms with Crippen molar-refractivity contribution in [1.82, 2.24) is 4.90 Å². The van der Waals surface area contributed by atoms with Gasteiger partial charge in [-0.15, -0.1) is 0 Å². The highest BCUT2D eigenvalue weighted by Crippen LogP contribution is 2.20. The van der Waals surface area contributed by atoms with Gasteiger partial charge in [0.15, 0.2) is 0 Å². The molecule has 6 heteroatoms. The maximum absolute atomic E-state index is 10.7. The lowest BCUT2D eigenvalue weighted by Gasteiger charge is -2.16. The molecule has 0 aliphatic carbocycles. The van der Waals surface area contributed by atoms with Crippen molar-refractivity contribution < 1.29 is 24.5 Å². The van der Waals surface area contributed by atoms with Gasteiger partial charge in [-0.1, -0.05) is 0 Å². The first-order valence-corrected chi connectivity index (χ1v) is 4.40. The third-order valence-corrected chi connectivity index (χ3v) is 2.20. The summed E-state index contributed by atoms with van der Waals surface area (Å²) in [6.45, 7) is 2.39. The van der Waals surface area contributed by atoms with Gasteiger partial charge >= 0.3 is 12.1 Å². The number of ether oxygens (including phenoxy) is 1. The van der Waals surface area contributed by atoms with E-state index < -0.39 is 18.1 Å². The molecule has 0 radical (unpaired) electrons. The van der Waals surface area contributed by atoms with E-state index in [1.807, 2.05) is 0 Å². The molecule has 1 heterocycles. The molecule has 0 aromatic carbocycles. The Morgan fingerprint density at radius 3 is 2.50 bits per heavy atom. The van der Waals surface area contributed by atoms with E-state index in [9.17, 15) is 9.59 Å². The lowest BCUT2D eigenvalue weighted by Crippen LogP contribution is -2.39. The van der Waals surface area contributed by atoms with Gasteiger partial charge in [0.25, 0.3) is 0 Å². The number of carboxylic acids is 1. The van der Waals surface area contributed by atoms with Crippen molar-refractivity contribution in [3.05, 3.63) is 0 Å². The van der Waals surface area contributed by atoms with Crippen LogP contribution in [0.15, 0.2) is 0 Å². The van der Waals surface area contributed by atoms with Crippen LogP contribution in [0.25, 0.3) is 0 Å². The SMILES string of the molecule is CCO[C@H]1C[C@H](C(=O)O)N(C(=O)O)C1. The Bertz CT molecular complexity index is 220. The third kappa shape index (κ3) is 2.14. The van der Waals surface area contributed by atoms with E-state index in [2.05, 4.69) is 0 Å². The number of hydrogen-bond acceptors (Lipinski definition) is 3. The number of carboxylic acid groups (broad SMARTS) is 2. The summed E-state index contributed by atoms with van der Waals surface area (Å²) in [6, 6.07) is -0.968. The molecule has 2 N–H and O–H groups in total. The van der Waals surface area contributed by atoms with Gasteiger partial charge in [-0.05, 0) is 6.92 Å². The molecule has 2 atom stereocenters. The number of nitrogens with zero attached hydrogens (tertiary/aromatic N) is 1. The Morgan fingerprint density at radius 1 is 1.50 bits per heavy atom. The second kappa shape index (κ2) is 4.28. The summed E-state index contributed by atoms with van der Waals surface area (Å²) in [5.74, 6) is -1.12. The minimum atomic E-state index is -1.21. The fourth-order valence-electron chi connectivity index (χ4n) is 1.60. The summed E-state index contributed by atoms with van der Waals surface area (Å²) >= 11 is 0. The van der Waals surface area contributed by atoms with Gasteiger partial charge in [0.2, 0.25) is 0 Å². The number of aliphatic carboxylic acids is 1. The first-order valence-electron chi connectivity index (χ1n) is 4.40. The summed E-state index contributed by atoms with van der Waals surface area (Å²) in [5.41, 5.74) is 0. The predicted molar refractivity (Wildman–Crippen MR) is 46.2 cm³/mol. The van der Waals surface area contributed by atoms with Crippen molar-refractivity contribution >= 4 is 12.1 Å². The lowest BCUT2D eigenvalue weighted by atomic mass is 10.2. The Labute approximate surface area is 81.1 Å². The summed E-state index contributed by atoms with van der Waals surface area (Å²) < 4.78 is 5.20. The fourth-order valence-corrected chi connectivity index (χ4v) is 1.60. The minimum Gasteiger partial charge on any atom is -0.480 e. The van der Waals surface area contributed by atoms with Crippen LogP contribution in [0.1, 0.15) is 13.3 Å². The molecule has 1 aliphatic heterocycles. The first-order chi connectivity index (χ1) is 6.56. The van der Waals surface area contributed by atoms with E-state index in [4.69, 9.17) is 14.9 Å². The molecule has 14 heavy (non-hydrogen) atoms. The molecule has 1 saturated heterocycles. The van der Waals surface area contributed by atoms with E-state index >= 15 is 0 Å². The van der Waals surface area contributed by atoms with Gasteiger partial charge in [-0.3, -0.25) is 4.90 Å². The molecule has 1 amide bonds. The van der Waals surface area contributed by atoms with Crippen molar-refractivity contribution in [2.24, 2.45) is 0 Å². The monoisotopic (exact) mass is 203 g/mol. The Hall–Kier alpha value is -1.30.